The molecule has 27 heavy (non-hydrogen) atoms. The minimum atomic E-state index is 0.864. The maximum absolute atomic E-state index is 5.99. The molecule has 4 rings (SSSR count). The van der Waals surface area contributed by atoms with E-state index < -0.39 is 0 Å². The highest BCUT2D eigenvalue weighted by molar-refractivity contribution is 5.37. The molecule has 0 radical (unpaired) electrons. The average molecular weight is 350 g/mol. The topological polar surface area (TPSA) is 9.23 Å². The molecule has 0 fully saturated rings. The van der Waals surface area contributed by atoms with Crippen LogP contribution in [0.15, 0.2) is 109 Å². The molecule has 0 aromatic heterocycles. The van der Waals surface area contributed by atoms with E-state index in [0.29, 0.717) is 0 Å². The molecule has 0 N–H and O–H groups in total. The number of benzene rings is 4. The summed E-state index contributed by atoms with van der Waals surface area (Å²) in [6.07, 6.45) is 1.88. The third-order valence-electron chi connectivity index (χ3n) is 4.58. The van der Waals surface area contributed by atoms with Crippen LogP contribution in [-0.2, 0) is 12.8 Å². The summed E-state index contributed by atoms with van der Waals surface area (Å²) in [5, 5.41) is 0. The standard InChI is InChI=1S/C26H22O/c1-3-7-21(8-4-1)19-23-11-15-25(16-12-23)27-26-17-13-24(14-18-26)20-22-9-5-2-6-10-22/h1-18H,19-20H2. The van der Waals surface area contributed by atoms with Gasteiger partial charge in [0.2, 0.25) is 0 Å². The first-order chi connectivity index (χ1) is 13.3. The highest BCUT2D eigenvalue weighted by atomic mass is 16.5. The van der Waals surface area contributed by atoms with E-state index in [1.54, 1.807) is 0 Å². The first kappa shape index (κ1) is 17.1. The lowest BCUT2D eigenvalue weighted by Gasteiger charge is -2.08. The van der Waals surface area contributed by atoms with Crippen LogP contribution >= 0.6 is 0 Å². The molecule has 1 heteroatoms. The summed E-state index contributed by atoms with van der Waals surface area (Å²) in [7, 11) is 0. The Hall–Kier alpha value is -3.32. The number of ether oxygens (including phenoxy) is 1. The number of rotatable bonds is 6. The SMILES string of the molecule is c1ccc(Cc2ccc(Oc3ccc(Cc4ccccc4)cc3)cc2)cc1. The van der Waals surface area contributed by atoms with Gasteiger partial charge in [-0.15, -0.1) is 0 Å². The largest absolute Gasteiger partial charge is 0.457 e. The van der Waals surface area contributed by atoms with Crippen molar-refractivity contribution >= 4 is 0 Å². The van der Waals surface area contributed by atoms with Gasteiger partial charge in [-0.25, -0.2) is 0 Å². The molecular weight excluding hydrogens is 328 g/mol. The van der Waals surface area contributed by atoms with Gasteiger partial charge in [0.15, 0.2) is 0 Å². The Morgan fingerprint density at radius 1 is 0.370 bits per heavy atom. The van der Waals surface area contributed by atoms with Crippen molar-refractivity contribution in [1.82, 2.24) is 0 Å². The van der Waals surface area contributed by atoms with Crippen molar-refractivity contribution in [3.05, 3.63) is 131 Å². The summed E-state index contributed by atoms with van der Waals surface area (Å²) in [5.74, 6) is 1.73. The Morgan fingerprint density at radius 2 is 0.704 bits per heavy atom. The smallest absolute Gasteiger partial charge is 0.127 e. The van der Waals surface area contributed by atoms with Gasteiger partial charge in [0.25, 0.3) is 0 Å². The van der Waals surface area contributed by atoms with Crippen LogP contribution in [0.4, 0.5) is 0 Å². The predicted octanol–water partition coefficient (Wildman–Crippen LogP) is 6.66. The van der Waals surface area contributed by atoms with E-state index in [1.807, 2.05) is 36.4 Å². The van der Waals surface area contributed by atoms with E-state index in [2.05, 4.69) is 72.8 Å². The van der Waals surface area contributed by atoms with Gasteiger partial charge in [0.05, 0.1) is 0 Å². The number of hydrogen-bond acceptors (Lipinski definition) is 1. The first-order valence-electron chi connectivity index (χ1n) is 9.29. The molecule has 0 heterocycles. The highest BCUT2D eigenvalue weighted by Gasteiger charge is 2.01. The van der Waals surface area contributed by atoms with Gasteiger partial charge in [-0.3, -0.25) is 0 Å². The maximum atomic E-state index is 5.99. The molecule has 0 bridgehead atoms. The Kier molecular flexibility index (Phi) is 5.31. The zero-order valence-corrected chi connectivity index (χ0v) is 15.2. The Labute approximate surface area is 160 Å². The van der Waals surface area contributed by atoms with E-state index in [1.165, 1.54) is 22.3 Å². The van der Waals surface area contributed by atoms with E-state index in [0.717, 1.165) is 24.3 Å². The molecular formula is C26H22O. The van der Waals surface area contributed by atoms with Gasteiger partial charge in [0.1, 0.15) is 11.5 Å². The molecule has 0 aliphatic rings. The molecule has 0 saturated carbocycles. The second kappa shape index (κ2) is 8.37. The fourth-order valence-corrected chi connectivity index (χ4v) is 3.15. The Balaban J connectivity index is 1.37. The van der Waals surface area contributed by atoms with Crippen LogP contribution < -0.4 is 4.74 Å². The van der Waals surface area contributed by atoms with Gasteiger partial charge in [-0.2, -0.15) is 0 Å². The van der Waals surface area contributed by atoms with Crippen molar-refractivity contribution in [3.63, 3.8) is 0 Å². The van der Waals surface area contributed by atoms with Gasteiger partial charge in [-0.1, -0.05) is 84.9 Å². The lowest BCUT2D eigenvalue weighted by Crippen LogP contribution is -1.90. The Bertz CT molecular complexity index is 873. The minimum Gasteiger partial charge on any atom is -0.457 e. The zero-order chi connectivity index (χ0) is 18.3. The molecule has 0 unspecified atom stereocenters. The quantitative estimate of drug-likeness (QED) is 0.378. The fourth-order valence-electron chi connectivity index (χ4n) is 3.15. The summed E-state index contributed by atoms with van der Waals surface area (Å²) in [6.45, 7) is 0. The lowest BCUT2D eigenvalue weighted by atomic mass is 10.0. The van der Waals surface area contributed by atoms with Crippen LogP contribution in [0.3, 0.4) is 0 Å². The Morgan fingerprint density at radius 3 is 1.07 bits per heavy atom. The summed E-state index contributed by atoms with van der Waals surface area (Å²) in [4.78, 5) is 0. The summed E-state index contributed by atoms with van der Waals surface area (Å²) >= 11 is 0. The van der Waals surface area contributed by atoms with Crippen LogP contribution in [0, 0.1) is 0 Å². The lowest BCUT2D eigenvalue weighted by molar-refractivity contribution is 0.482. The molecule has 4 aromatic carbocycles. The predicted molar refractivity (Wildman–Crippen MR) is 111 cm³/mol. The van der Waals surface area contributed by atoms with Crippen molar-refractivity contribution < 1.29 is 4.74 Å². The molecule has 0 aliphatic heterocycles. The minimum absolute atomic E-state index is 0.864. The zero-order valence-electron chi connectivity index (χ0n) is 15.2. The van der Waals surface area contributed by atoms with Crippen molar-refractivity contribution in [2.45, 2.75) is 12.8 Å². The van der Waals surface area contributed by atoms with Crippen LogP contribution in [0.5, 0.6) is 11.5 Å². The van der Waals surface area contributed by atoms with E-state index in [-0.39, 0.29) is 0 Å². The van der Waals surface area contributed by atoms with Crippen LogP contribution in [-0.4, -0.2) is 0 Å². The molecule has 132 valence electrons. The third-order valence-corrected chi connectivity index (χ3v) is 4.58. The van der Waals surface area contributed by atoms with Crippen LogP contribution in [0.1, 0.15) is 22.3 Å². The van der Waals surface area contributed by atoms with E-state index in [9.17, 15) is 0 Å². The molecule has 0 aliphatic carbocycles. The van der Waals surface area contributed by atoms with Crippen LogP contribution in [0.2, 0.25) is 0 Å². The van der Waals surface area contributed by atoms with E-state index in [4.69, 9.17) is 4.74 Å². The normalized spacial score (nSPS) is 10.5. The van der Waals surface area contributed by atoms with Crippen molar-refractivity contribution in [2.24, 2.45) is 0 Å². The van der Waals surface area contributed by atoms with Crippen molar-refractivity contribution in [2.75, 3.05) is 0 Å². The summed E-state index contributed by atoms with van der Waals surface area (Å²) in [6, 6.07) is 37.7. The molecule has 0 amide bonds. The van der Waals surface area contributed by atoms with Crippen LogP contribution in [0.25, 0.3) is 0 Å². The summed E-state index contributed by atoms with van der Waals surface area (Å²) < 4.78 is 5.99. The molecule has 4 aromatic rings. The summed E-state index contributed by atoms with van der Waals surface area (Å²) in [5.41, 5.74) is 5.21. The highest BCUT2D eigenvalue weighted by Crippen LogP contribution is 2.23. The second-order valence-corrected chi connectivity index (χ2v) is 6.71. The molecule has 0 spiro atoms. The molecule has 0 atom stereocenters. The molecule has 1 nitrogen and oxygen atoms in total. The first-order valence-corrected chi connectivity index (χ1v) is 9.29. The van der Waals surface area contributed by atoms with Gasteiger partial charge < -0.3 is 4.74 Å². The number of hydrogen-bond donors (Lipinski definition) is 0. The van der Waals surface area contributed by atoms with Gasteiger partial charge >= 0.3 is 0 Å². The van der Waals surface area contributed by atoms with Gasteiger partial charge in [-0.05, 0) is 59.4 Å². The van der Waals surface area contributed by atoms with Crippen molar-refractivity contribution in [1.29, 1.82) is 0 Å². The van der Waals surface area contributed by atoms with E-state index >= 15 is 0 Å². The monoisotopic (exact) mass is 350 g/mol. The maximum Gasteiger partial charge on any atom is 0.127 e. The van der Waals surface area contributed by atoms with Crippen molar-refractivity contribution in [3.8, 4) is 11.5 Å². The average Bonchev–Trinajstić information content (AvgIpc) is 2.73. The molecule has 0 saturated heterocycles. The third kappa shape index (κ3) is 4.86. The fraction of sp³-hybridized carbons (Fsp3) is 0.0769. The van der Waals surface area contributed by atoms with Gasteiger partial charge in [0, 0.05) is 0 Å². The second-order valence-electron chi connectivity index (χ2n) is 6.71.